The van der Waals surface area contributed by atoms with Crippen LogP contribution in [0.25, 0.3) is 0 Å². The van der Waals surface area contributed by atoms with Gasteiger partial charge in [0.2, 0.25) is 5.91 Å². The molecular formula is C25H25ClN2O5S. The fourth-order valence-corrected chi connectivity index (χ4v) is 4.95. The molecule has 0 fully saturated rings. The quantitative estimate of drug-likeness (QED) is 0.466. The highest BCUT2D eigenvalue weighted by molar-refractivity contribution is 7.92. The van der Waals surface area contributed by atoms with Crippen LogP contribution in [0, 0.1) is 20.8 Å². The molecule has 7 nitrogen and oxygen atoms in total. The first kappa shape index (κ1) is 25.3. The number of esters is 1. The van der Waals surface area contributed by atoms with Gasteiger partial charge in [-0.2, -0.15) is 0 Å². The summed E-state index contributed by atoms with van der Waals surface area (Å²) >= 11 is 6.16. The van der Waals surface area contributed by atoms with Crippen LogP contribution in [0.15, 0.2) is 65.6 Å². The van der Waals surface area contributed by atoms with E-state index in [0.29, 0.717) is 27.5 Å². The minimum absolute atomic E-state index is 0.0501. The highest BCUT2D eigenvalue weighted by Gasteiger charge is 2.28. The summed E-state index contributed by atoms with van der Waals surface area (Å²) in [5.74, 6) is -1.13. The maximum Gasteiger partial charge on any atom is 0.337 e. The van der Waals surface area contributed by atoms with E-state index < -0.39 is 28.4 Å². The summed E-state index contributed by atoms with van der Waals surface area (Å²) in [6.07, 6.45) is 0. The number of benzene rings is 3. The van der Waals surface area contributed by atoms with Crippen molar-refractivity contribution in [2.24, 2.45) is 0 Å². The topological polar surface area (TPSA) is 92.8 Å². The number of carbonyl (C=O) groups excluding carboxylic acids is 2. The second-order valence-electron chi connectivity index (χ2n) is 7.83. The van der Waals surface area contributed by atoms with Crippen LogP contribution < -0.4 is 9.62 Å². The summed E-state index contributed by atoms with van der Waals surface area (Å²) < 4.78 is 32.9. The molecule has 0 spiro atoms. The normalized spacial score (nSPS) is 11.1. The van der Waals surface area contributed by atoms with Crippen molar-refractivity contribution in [2.45, 2.75) is 25.7 Å². The number of amides is 1. The van der Waals surface area contributed by atoms with Crippen LogP contribution in [0.1, 0.15) is 27.0 Å². The fourth-order valence-electron chi connectivity index (χ4n) is 3.31. The molecule has 0 saturated carbocycles. The summed E-state index contributed by atoms with van der Waals surface area (Å²) in [4.78, 5) is 25.0. The van der Waals surface area contributed by atoms with E-state index in [4.69, 9.17) is 16.3 Å². The number of rotatable bonds is 7. The molecule has 3 aromatic carbocycles. The summed E-state index contributed by atoms with van der Waals surface area (Å²) in [7, 11) is -2.83. The van der Waals surface area contributed by atoms with Gasteiger partial charge in [0.1, 0.15) is 6.54 Å². The van der Waals surface area contributed by atoms with Crippen molar-refractivity contribution in [2.75, 3.05) is 23.3 Å². The Labute approximate surface area is 204 Å². The van der Waals surface area contributed by atoms with Crippen LogP contribution in [0.5, 0.6) is 0 Å². The Balaban J connectivity index is 2.00. The number of anilines is 2. The second kappa shape index (κ2) is 10.3. The molecule has 0 radical (unpaired) electrons. The molecule has 0 aliphatic heterocycles. The molecule has 0 unspecified atom stereocenters. The Morgan fingerprint density at radius 2 is 1.59 bits per heavy atom. The van der Waals surface area contributed by atoms with Crippen LogP contribution in [-0.2, 0) is 19.6 Å². The lowest BCUT2D eigenvalue weighted by molar-refractivity contribution is -0.114. The number of aryl methyl sites for hydroxylation is 3. The lowest BCUT2D eigenvalue weighted by Gasteiger charge is -2.26. The van der Waals surface area contributed by atoms with Crippen molar-refractivity contribution in [3.63, 3.8) is 0 Å². The summed E-state index contributed by atoms with van der Waals surface area (Å²) in [5, 5.41) is 3.05. The van der Waals surface area contributed by atoms with Gasteiger partial charge in [-0.25, -0.2) is 13.2 Å². The highest BCUT2D eigenvalue weighted by atomic mass is 35.5. The van der Waals surface area contributed by atoms with Gasteiger partial charge in [0, 0.05) is 10.7 Å². The summed E-state index contributed by atoms with van der Waals surface area (Å²) in [5.41, 5.74) is 3.18. The smallest absolute Gasteiger partial charge is 0.337 e. The van der Waals surface area contributed by atoms with Crippen molar-refractivity contribution >= 4 is 44.9 Å². The number of carbonyl (C=O) groups is 2. The molecular weight excluding hydrogens is 476 g/mol. The largest absolute Gasteiger partial charge is 0.465 e. The van der Waals surface area contributed by atoms with Gasteiger partial charge in [-0.3, -0.25) is 9.10 Å². The van der Waals surface area contributed by atoms with E-state index >= 15 is 0 Å². The molecule has 0 aromatic heterocycles. The Hall–Kier alpha value is -3.36. The average Bonchev–Trinajstić information content (AvgIpc) is 2.80. The molecule has 0 saturated heterocycles. The zero-order valence-corrected chi connectivity index (χ0v) is 20.8. The molecule has 0 atom stereocenters. The number of hydrogen-bond donors (Lipinski definition) is 1. The lowest BCUT2D eigenvalue weighted by atomic mass is 10.1. The molecule has 34 heavy (non-hydrogen) atoms. The number of ether oxygens (including phenoxy) is 1. The van der Waals surface area contributed by atoms with E-state index in [1.807, 2.05) is 6.92 Å². The van der Waals surface area contributed by atoms with E-state index in [1.54, 1.807) is 50.2 Å². The van der Waals surface area contributed by atoms with Gasteiger partial charge in [0.05, 0.1) is 23.3 Å². The van der Waals surface area contributed by atoms with E-state index in [-0.39, 0.29) is 10.5 Å². The van der Waals surface area contributed by atoms with Crippen molar-refractivity contribution in [1.82, 2.24) is 0 Å². The van der Waals surface area contributed by atoms with Gasteiger partial charge >= 0.3 is 5.97 Å². The monoisotopic (exact) mass is 500 g/mol. The van der Waals surface area contributed by atoms with Crippen LogP contribution in [-0.4, -0.2) is 33.9 Å². The molecule has 3 rings (SSSR count). The van der Waals surface area contributed by atoms with Crippen molar-refractivity contribution in [3.8, 4) is 0 Å². The van der Waals surface area contributed by atoms with E-state index in [0.717, 1.165) is 9.87 Å². The predicted molar refractivity (Wildman–Crippen MR) is 133 cm³/mol. The molecule has 3 aromatic rings. The number of nitrogens with zero attached hydrogens (tertiary/aromatic N) is 1. The highest BCUT2D eigenvalue weighted by Crippen LogP contribution is 2.30. The number of nitrogens with one attached hydrogen (secondary N) is 1. The second-order valence-corrected chi connectivity index (χ2v) is 10.1. The minimum Gasteiger partial charge on any atom is -0.465 e. The predicted octanol–water partition coefficient (Wildman–Crippen LogP) is 4.89. The van der Waals surface area contributed by atoms with E-state index in [2.05, 4.69) is 5.32 Å². The van der Waals surface area contributed by atoms with E-state index in [1.165, 1.54) is 31.4 Å². The summed E-state index contributed by atoms with van der Waals surface area (Å²) in [6, 6.07) is 16.0. The van der Waals surface area contributed by atoms with Crippen LogP contribution >= 0.6 is 11.6 Å². The third-order valence-corrected chi connectivity index (χ3v) is 7.28. The van der Waals surface area contributed by atoms with Gasteiger partial charge in [-0.05, 0) is 68.3 Å². The van der Waals surface area contributed by atoms with Crippen LogP contribution in [0.3, 0.4) is 0 Å². The molecule has 0 aliphatic carbocycles. The van der Waals surface area contributed by atoms with Gasteiger partial charge in [0.25, 0.3) is 10.0 Å². The lowest BCUT2D eigenvalue weighted by Crippen LogP contribution is -2.38. The van der Waals surface area contributed by atoms with Gasteiger partial charge in [-0.15, -0.1) is 0 Å². The molecule has 0 heterocycles. The van der Waals surface area contributed by atoms with Crippen molar-refractivity contribution in [3.05, 3.63) is 87.9 Å². The third kappa shape index (κ3) is 5.58. The molecule has 9 heteroatoms. The number of halogens is 1. The third-order valence-electron chi connectivity index (χ3n) is 5.27. The SMILES string of the molecule is COC(=O)c1ccc(C)c(NC(=O)CN(c2cc(Cl)ccc2C)S(=O)(=O)c2ccc(C)cc2)c1. The minimum atomic E-state index is -4.09. The van der Waals surface area contributed by atoms with Gasteiger partial charge in [0.15, 0.2) is 0 Å². The van der Waals surface area contributed by atoms with Crippen LogP contribution in [0.4, 0.5) is 11.4 Å². The van der Waals surface area contributed by atoms with Gasteiger partial charge < -0.3 is 10.1 Å². The van der Waals surface area contributed by atoms with Crippen LogP contribution in [0.2, 0.25) is 5.02 Å². The molecule has 0 aliphatic rings. The first-order valence-corrected chi connectivity index (χ1v) is 12.2. The Bertz CT molecular complexity index is 1340. The van der Waals surface area contributed by atoms with Gasteiger partial charge in [-0.1, -0.05) is 41.4 Å². The summed E-state index contributed by atoms with van der Waals surface area (Å²) in [6.45, 7) is 4.86. The number of methoxy groups -OCH3 is 1. The standard InChI is InChI=1S/C25H25ClN2O5S/c1-16-5-11-21(12-6-16)34(31,32)28(23-14-20(26)10-8-18(23)3)15-24(29)27-22-13-19(25(30)33-4)9-7-17(22)2/h5-14H,15H2,1-4H3,(H,27,29). The first-order chi connectivity index (χ1) is 16.0. The zero-order valence-electron chi connectivity index (χ0n) is 19.3. The number of sulfonamides is 1. The molecule has 0 bridgehead atoms. The maximum atomic E-state index is 13.6. The van der Waals surface area contributed by atoms with Crippen molar-refractivity contribution < 1.29 is 22.7 Å². The first-order valence-electron chi connectivity index (χ1n) is 10.4. The molecule has 178 valence electrons. The Morgan fingerprint density at radius 3 is 2.24 bits per heavy atom. The zero-order chi connectivity index (χ0) is 25.0. The Kier molecular flexibility index (Phi) is 7.64. The maximum absolute atomic E-state index is 13.6. The molecule has 1 N–H and O–H groups in total. The Morgan fingerprint density at radius 1 is 0.941 bits per heavy atom. The van der Waals surface area contributed by atoms with E-state index in [9.17, 15) is 18.0 Å². The van der Waals surface area contributed by atoms with Crippen molar-refractivity contribution in [1.29, 1.82) is 0 Å². The molecule has 1 amide bonds. The number of hydrogen-bond acceptors (Lipinski definition) is 5. The fraction of sp³-hybridized carbons (Fsp3) is 0.200. The average molecular weight is 501 g/mol.